The van der Waals surface area contributed by atoms with E-state index in [0.29, 0.717) is 13.1 Å². The van der Waals surface area contributed by atoms with Crippen LogP contribution in [0.4, 0.5) is 0 Å². The lowest BCUT2D eigenvalue weighted by molar-refractivity contribution is -0.126. The van der Waals surface area contributed by atoms with Gasteiger partial charge in [0.15, 0.2) is 0 Å². The lowest BCUT2D eigenvalue weighted by Gasteiger charge is -2.31. The molecule has 1 fully saturated rings. The van der Waals surface area contributed by atoms with Gasteiger partial charge in [-0.1, -0.05) is 31.2 Å². The van der Waals surface area contributed by atoms with Gasteiger partial charge in [0, 0.05) is 30.4 Å². The Morgan fingerprint density at radius 2 is 1.89 bits per heavy atom. The Labute approximate surface area is 164 Å². The first-order chi connectivity index (χ1) is 13.2. The zero-order valence-electron chi connectivity index (χ0n) is 15.8. The number of hydrogen-bond donors (Lipinski definition) is 1. The maximum atomic E-state index is 13.0. The zero-order valence-corrected chi connectivity index (χ0v) is 16.6. The van der Waals surface area contributed by atoms with Crippen molar-refractivity contribution in [3.63, 3.8) is 0 Å². The molecule has 1 N–H and O–H groups in total. The van der Waals surface area contributed by atoms with Crippen LogP contribution in [0.25, 0.3) is 10.4 Å². The second-order valence-electron chi connectivity index (χ2n) is 7.48. The second kappa shape index (κ2) is 7.85. The van der Waals surface area contributed by atoms with Crippen molar-refractivity contribution in [3.8, 4) is 10.4 Å². The van der Waals surface area contributed by atoms with Crippen LogP contribution in [0.5, 0.6) is 0 Å². The molecular formula is C22H26N2O2S. The molecule has 0 spiro atoms. The average Bonchev–Trinajstić information content (AvgIpc) is 3.16. The maximum absolute atomic E-state index is 13.0. The number of benzene rings is 1. The van der Waals surface area contributed by atoms with Crippen molar-refractivity contribution in [2.24, 2.45) is 5.92 Å². The van der Waals surface area contributed by atoms with Crippen LogP contribution in [0.3, 0.4) is 0 Å². The molecule has 4 nitrogen and oxygen atoms in total. The lowest BCUT2D eigenvalue weighted by Crippen LogP contribution is -2.43. The molecule has 4 rings (SSSR count). The van der Waals surface area contributed by atoms with Gasteiger partial charge in [0.05, 0.1) is 4.88 Å². The van der Waals surface area contributed by atoms with E-state index in [9.17, 15) is 9.59 Å². The zero-order chi connectivity index (χ0) is 18.8. The quantitative estimate of drug-likeness (QED) is 0.872. The van der Waals surface area contributed by atoms with E-state index in [0.717, 1.165) is 43.5 Å². The van der Waals surface area contributed by atoms with Crippen LogP contribution in [0.1, 0.15) is 47.0 Å². The van der Waals surface area contributed by atoms with Crippen LogP contribution in [-0.2, 0) is 17.6 Å². The summed E-state index contributed by atoms with van der Waals surface area (Å²) < 4.78 is 0. The van der Waals surface area contributed by atoms with Gasteiger partial charge in [0.25, 0.3) is 5.91 Å². The summed E-state index contributed by atoms with van der Waals surface area (Å²) in [5.74, 6) is 0.315. The number of aryl methyl sites for hydroxylation is 2. The van der Waals surface area contributed by atoms with Gasteiger partial charge >= 0.3 is 0 Å². The number of amides is 2. The standard InChI is InChI=1S/C22H26N2O2S/c1-2-11-23-21(25)16-9-12-24(13-10-16)22(26)19-14-17-8-7-15-5-3-4-6-18(15)20(17)27-19/h3-6,14,16H,2,7-13H2,1H3,(H,23,25). The van der Waals surface area contributed by atoms with E-state index in [4.69, 9.17) is 0 Å². The molecule has 5 heteroatoms. The summed E-state index contributed by atoms with van der Waals surface area (Å²) in [5, 5.41) is 2.98. The molecule has 142 valence electrons. The molecule has 2 heterocycles. The van der Waals surface area contributed by atoms with Crippen LogP contribution >= 0.6 is 11.3 Å². The maximum Gasteiger partial charge on any atom is 0.263 e. The van der Waals surface area contributed by atoms with E-state index < -0.39 is 0 Å². The molecule has 0 atom stereocenters. The van der Waals surface area contributed by atoms with E-state index in [-0.39, 0.29) is 17.7 Å². The van der Waals surface area contributed by atoms with Gasteiger partial charge in [-0.05, 0) is 54.9 Å². The van der Waals surface area contributed by atoms with Crippen molar-refractivity contribution in [1.82, 2.24) is 10.2 Å². The largest absolute Gasteiger partial charge is 0.356 e. The summed E-state index contributed by atoms with van der Waals surface area (Å²) in [7, 11) is 0. The van der Waals surface area contributed by atoms with Gasteiger partial charge in [-0.15, -0.1) is 11.3 Å². The molecule has 2 amide bonds. The summed E-state index contributed by atoms with van der Waals surface area (Å²) in [6, 6.07) is 10.6. The fraction of sp³-hybridized carbons (Fsp3) is 0.455. The fourth-order valence-electron chi connectivity index (χ4n) is 4.07. The van der Waals surface area contributed by atoms with Crippen molar-refractivity contribution in [2.75, 3.05) is 19.6 Å². The number of carbonyl (C=O) groups excluding carboxylic acids is 2. The Morgan fingerprint density at radius 3 is 2.67 bits per heavy atom. The van der Waals surface area contributed by atoms with Crippen molar-refractivity contribution in [1.29, 1.82) is 0 Å². The normalized spacial score (nSPS) is 16.6. The molecule has 1 aromatic heterocycles. The van der Waals surface area contributed by atoms with Gasteiger partial charge < -0.3 is 10.2 Å². The molecule has 2 aliphatic rings. The second-order valence-corrected chi connectivity index (χ2v) is 8.53. The Balaban J connectivity index is 1.43. The molecule has 0 unspecified atom stereocenters. The van der Waals surface area contributed by atoms with Crippen LogP contribution in [0.2, 0.25) is 0 Å². The van der Waals surface area contributed by atoms with Gasteiger partial charge in [-0.2, -0.15) is 0 Å². The molecule has 0 saturated carbocycles. The van der Waals surface area contributed by atoms with E-state index >= 15 is 0 Å². The predicted octanol–water partition coefficient (Wildman–Crippen LogP) is 3.89. The number of nitrogens with zero attached hydrogens (tertiary/aromatic N) is 1. The SMILES string of the molecule is CCCNC(=O)C1CCN(C(=O)c2cc3c(s2)-c2ccccc2CC3)CC1. The average molecular weight is 383 g/mol. The summed E-state index contributed by atoms with van der Waals surface area (Å²) in [5.41, 5.74) is 3.97. The lowest BCUT2D eigenvalue weighted by atomic mass is 9.91. The number of carbonyl (C=O) groups is 2. The summed E-state index contributed by atoms with van der Waals surface area (Å²) >= 11 is 1.63. The number of hydrogen-bond acceptors (Lipinski definition) is 3. The van der Waals surface area contributed by atoms with Crippen LogP contribution < -0.4 is 5.32 Å². The van der Waals surface area contributed by atoms with E-state index in [2.05, 4.69) is 42.6 Å². The highest BCUT2D eigenvalue weighted by Crippen LogP contribution is 2.40. The molecular weight excluding hydrogens is 356 g/mol. The van der Waals surface area contributed by atoms with Gasteiger partial charge in [0.1, 0.15) is 0 Å². The number of likely N-dealkylation sites (tertiary alicyclic amines) is 1. The molecule has 2 aromatic rings. The number of fused-ring (bicyclic) bond motifs is 3. The third-order valence-corrected chi connectivity index (χ3v) is 6.85. The number of thiophene rings is 1. The van der Waals surface area contributed by atoms with Crippen molar-refractivity contribution >= 4 is 23.2 Å². The Hall–Kier alpha value is -2.14. The van der Waals surface area contributed by atoms with Crippen LogP contribution in [-0.4, -0.2) is 36.3 Å². The highest BCUT2D eigenvalue weighted by molar-refractivity contribution is 7.17. The smallest absolute Gasteiger partial charge is 0.263 e. The van der Waals surface area contributed by atoms with Crippen molar-refractivity contribution in [3.05, 3.63) is 46.3 Å². The van der Waals surface area contributed by atoms with Crippen LogP contribution in [0.15, 0.2) is 30.3 Å². The topological polar surface area (TPSA) is 49.4 Å². The van der Waals surface area contributed by atoms with Gasteiger partial charge in [0.2, 0.25) is 5.91 Å². The summed E-state index contributed by atoms with van der Waals surface area (Å²) in [6.45, 7) is 4.13. The Bertz CT molecular complexity index is 850. The van der Waals surface area contributed by atoms with Crippen LogP contribution in [0, 0.1) is 5.92 Å². The highest BCUT2D eigenvalue weighted by Gasteiger charge is 2.29. The first-order valence-electron chi connectivity index (χ1n) is 9.95. The first kappa shape index (κ1) is 18.2. The van der Waals surface area contributed by atoms with E-state index in [1.165, 1.54) is 21.6 Å². The van der Waals surface area contributed by atoms with Crippen molar-refractivity contribution < 1.29 is 9.59 Å². The molecule has 0 radical (unpaired) electrons. The van der Waals surface area contributed by atoms with E-state index in [1.807, 2.05) is 4.90 Å². The third kappa shape index (κ3) is 3.65. The minimum Gasteiger partial charge on any atom is -0.356 e. The predicted molar refractivity (Wildman–Crippen MR) is 109 cm³/mol. The monoisotopic (exact) mass is 382 g/mol. The number of rotatable bonds is 4. The minimum atomic E-state index is 0.0454. The minimum absolute atomic E-state index is 0.0454. The highest BCUT2D eigenvalue weighted by atomic mass is 32.1. The Morgan fingerprint density at radius 1 is 1.15 bits per heavy atom. The van der Waals surface area contributed by atoms with E-state index in [1.54, 1.807) is 11.3 Å². The first-order valence-corrected chi connectivity index (χ1v) is 10.8. The molecule has 1 aliphatic carbocycles. The number of nitrogens with one attached hydrogen (secondary N) is 1. The van der Waals surface area contributed by atoms with Gasteiger partial charge in [-0.3, -0.25) is 9.59 Å². The van der Waals surface area contributed by atoms with Crippen molar-refractivity contribution in [2.45, 2.75) is 39.0 Å². The summed E-state index contributed by atoms with van der Waals surface area (Å²) in [4.78, 5) is 29.2. The van der Waals surface area contributed by atoms with Gasteiger partial charge in [-0.25, -0.2) is 0 Å². The third-order valence-electron chi connectivity index (χ3n) is 5.65. The molecule has 0 bridgehead atoms. The fourth-order valence-corrected chi connectivity index (χ4v) is 5.31. The molecule has 1 aromatic carbocycles. The number of piperidine rings is 1. The molecule has 1 saturated heterocycles. The molecule has 27 heavy (non-hydrogen) atoms. The molecule has 1 aliphatic heterocycles. The summed E-state index contributed by atoms with van der Waals surface area (Å²) in [6.07, 6.45) is 4.53. The Kier molecular flexibility index (Phi) is 5.30.